The van der Waals surface area contributed by atoms with Crippen molar-refractivity contribution in [3.8, 4) is 17.6 Å². The van der Waals surface area contributed by atoms with Crippen molar-refractivity contribution in [2.45, 2.75) is 25.1 Å². The monoisotopic (exact) mass is 452 g/mol. The molecule has 3 unspecified atom stereocenters. The van der Waals surface area contributed by atoms with Gasteiger partial charge in [0.15, 0.2) is 5.82 Å². The average molecular weight is 453 g/mol. The lowest BCUT2D eigenvalue weighted by Gasteiger charge is -2.23. The number of nitrogens with two attached hydrogens (primary N) is 1. The van der Waals surface area contributed by atoms with E-state index < -0.39 is 22.8 Å². The zero-order valence-corrected chi connectivity index (χ0v) is 18.3. The first-order valence-electron chi connectivity index (χ1n) is 9.86. The quantitative estimate of drug-likeness (QED) is 0.452. The van der Waals surface area contributed by atoms with E-state index in [1.165, 1.54) is 6.20 Å². The predicted octanol–water partition coefficient (Wildman–Crippen LogP) is 2.86. The number of aromatic nitrogens is 3. The molecule has 1 aliphatic heterocycles. The fraction of sp³-hybridized carbons (Fsp3) is 0.273. The minimum atomic E-state index is -1.24. The number of hydrogen-bond acceptors (Lipinski definition) is 8. The molecule has 3 aromatic rings. The maximum Gasteiger partial charge on any atom is 0.218 e. The number of nitrogens with one attached hydrogen (secondary N) is 1. The maximum atomic E-state index is 14.5. The summed E-state index contributed by atoms with van der Waals surface area (Å²) in [5.41, 5.74) is 7.22. The summed E-state index contributed by atoms with van der Waals surface area (Å²) in [5.74, 6) is 6.44. The summed E-state index contributed by atoms with van der Waals surface area (Å²) in [7, 11) is -1.24. The lowest BCUT2D eigenvalue weighted by Crippen LogP contribution is -2.37. The van der Waals surface area contributed by atoms with Crippen LogP contribution < -0.4 is 15.8 Å². The normalized spacial score (nSPS) is 20.2. The highest BCUT2D eigenvalue weighted by atomic mass is 32.2. The van der Waals surface area contributed by atoms with E-state index in [0.29, 0.717) is 22.8 Å². The molecule has 32 heavy (non-hydrogen) atoms. The van der Waals surface area contributed by atoms with E-state index in [0.717, 1.165) is 5.39 Å². The molecule has 164 valence electrons. The number of ether oxygens (including phenoxy) is 1. The van der Waals surface area contributed by atoms with Gasteiger partial charge >= 0.3 is 0 Å². The number of amidine groups is 1. The van der Waals surface area contributed by atoms with Crippen LogP contribution in [-0.4, -0.2) is 42.6 Å². The second-order valence-electron chi connectivity index (χ2n) is 7.11. The highest BCUT2D eigenvalue weighted by molar-refractivity contribution is 7.86. The molecular formula is C22H21FN6O2S. The summed E-state index contributed by atoms with van der Waals surface area (Å²) in [6.45, 7) is 3.77. The van der Waals surface area contributed by atoms with Crippen molar-refractivity contribution in [1.29, 1.82) is 0 Å². The van der Waals surface area contributed by atoms with E-state index in [-0.39, 0.29) is 29.0 Å². The molecule has 3 aromatic heterocycles. The van der Waals surface area contributed by atoms with Crippen LogP contribution in [0.4, 0.5) is 15.9 Å². The summed E-state index contributed by atoms with van der Waals surface area (Å²) >= 11 is 0. The van der Waals surface area contributed by atoms with E-state index in [4.69, 9.17) is 10.5 Å². The molecule has 1 aliphatic rings. The van der Waals surface area contributed by atoms with Crippen molar-refractivity contribution in [3.63, 3.8) is 0 Å². The van der Waals surface area contributed by atoms with Crippen molar-refractivity contribution in [2.75, 3.05) is 17.7 Å². The first-order valence-corrected chi connectivity index (χ1v) is 11.2. The molecular weight excluding hydrogens is 431 g/mol. The largest absolute Gasteiger partial charge is 0.479 e. The predicted molar refractivity (Wildman–Crippen MR) is 123 cm³/mol. The topological polar surface area (TPSA) is 115 Å². The van der Waals surface area contributed by atoms with Gasteiger partial charge in [-0.15, -0.1) is 5.92 Å². The number of aliphatic imine (C=N–C) groups is 1. The SMILES string of the molecule is CC#CCOc1cnc2c(Nc3cnc(F)c(C4CS(=O)C(C)C(N)=N4)c3)nccc2c1. The number of pyridine rings is 3. The summed E-state index contributed by atoms with van der Waals surface area (Å²) in [5, 5.41) is 3.60. The fourth-order valence-corrected chi connectivity index (χ4v) is 4.41. The Morgan fingerprint density at radius 3 is 2.94 bits per heavy atom. The molecule has 0 aromatic carbocycles. The Bertz CT molecular complexity index is 1290. The molecule has 8 nitrogen and oxygen atoms in total. The van der Waals surface area contributed by atoms with E-state index in [9.17, 15) is 8.60 Å². The highest BCUT2D eigenvalue weighted by Gasteiger charge is 2.29. The van der Waals surface area contributed by atoms with Crippen LogP contribution in [0.2, 0.25) is 0 Å². The van der Waals surface area contributed by atoms with E-state index in [1.807, 2.05) is 12.1 Å². The first kappa shape index (κ1) is 21.6. The van der Waals surface area contributed by atoms with Gasteiger partial charge in [-0.1, -0.05) is 5.92 Å². The van der Waals surface area contributed by atoms with Gasteiger partial charge < -0.3 is 15.8 Å². The summed E-state index contributed by atoms with van der Waals surface area (Å²) in [6, 6.07) is 4.58. The molecule has 4 heterocycles. The molecule has 3 atom stereocenters. The van der Waals surface area contributed by atoms with Crippen LogP contribution in [0.1, 0.15) is 25.5 Å². The molecule has 0 aliphatic carbocycles. The Hall–Kier alpha value is -3.58. The molecule has 0 amide bonds. The lowest BCUT2D eigenvalue weighted by molar-refractivity contribution is 0.369. The van der Waals surface area contributed by atoms with Crippen molar-refractivity contribution >= 4 is 39.0 Å². The smallest absolute Gasteiger partial charge is 0.218 e. The number of halogens is 1. The van der Waals surface area contributed by atoms with Gasteiger partial charge in [0.2, 0.25) is 5.95 Å². The zero-order valence-electron chi connectivity index (χ0n) is 17.5. The Balaban J connectivity index is 1.62. The van der Waals surface area contributed by atoms with Crippen molar-refractivity contribution in [1.82, 2.24) is 15.0 Å². The molecule has 0 bridgehead atoms. The molecule has 0 saturated carbocycles. The van der Waals surface area contributed by atoms with Gasteiger partial charge in [-0.25, -0.2) is 15.0 Å². The van der Waals surface area contributed by atoms with Gasteiger partial charge in [0.25, 0.3) is 0 Å². The molecule has 0 saturated heterocycles. The number of rotatable bonds is 5. The minimum absolute atomic E-state index is 0.184. The van der Waals surface area contributed by atoms with Gasteiger partial charge in [0, 0.05) is 27.9 Å². The summed E-state index contributed by atoms with van der Waals surface area (Å²) < 4.78 is 32.3. The number of hydrogen-bond donors (Lipinski definition) is 2. The molecule has 3 N–H and O–H groups in total. The molecule has 0 radical (unpaired) electrons. The van der Waals surface area contributed by atoms with Crippen LogP contribution in [-0.2, 0) is 10.8 Å². The molecule has 0 spiro atoms. The van der Waals surface area contributed by atoms with Gasteiger partial charge in [-0.3, -0.25) is 9.20 Å². The Morgan fingerprint density at radius 1 is 1.31 bits per heavy atom. The average Bonchev–Trinajstić information content (AvgIpc) is 2.78. The Labute approximate surface area is 187 Å². The van der Waals surface area contributed by atoms with Crippen LogP contribution in [0.5, 0.6) is 5.75 Å². The highest BCUT2D eigenvalue weighted by Crippen LogP contribution is 2.30. The third-order valence-electron chi connectivity index (χ3n) is 4.99. The summed E-state index contributed by atoms with van der Waals surface area (Å²) in [4.78, 5) is 17.0. The van der Waals surface area contributed by atoms with Crippen LogP contribution >= 0.6 is 0 Å². The third-order valence-corrected chi connectivity index (χ3v) is 6.66. The van der Waals surface area contributed by atoms with E-state index >= 15 is 0 Å². The number of fused-ring (bicyclic) bond motifs is 1. The first-order chi connectivity index (χ1) is 15.5. The maximum absolute atomic E-state index is 14.5. The van der Waals surface area contributed by atoms with Gasteiger partial charge in [0.05, 0.1) is 35.1 Å². The van der Waals surface area contributed by atoms with Crippen molar-refractivity contribution < 1.29 is 13.3 Å². The van der Waals surface area contributed by atoms with Crippen LogP contribution in [0, 0.1) is 17.8 Å². The van der Waals surface area contributed by atoms with Crippen LogP contribution in [0.25, 0.3) is 10.9 Å². The van der Waals surface area contributed by atoms with Crippen LogP contribution in [0.15, 0.2) is 41.8 Å². The van der Waals surface area contributed by atoms with Gasteiger partial charge in [-0.2, -0.15) is 4.39 Å². The second kappa shape index (κ2) is 9.28. The van der Waals surface area contributed by atoms with Crippen LogP contribution in [0.3, 0.4) is 0 Å². The third kappa shape index (κ3) is 4.53. The number of anilines is 2. The van der Waals surface area contributed by atoms with Crippen molar-refractivity contribution in [2.24, 2.45) is 10.7 Å². The fourth-order valence-electron chi connectivity index (χ4n) is 3.22. The lowest BCUT2D eigenvalue weighted by atomic mass is 10.1. The standard InChI is InChI=1S/C22H21FN6O2S/c1-3-4-7-31-16-8-14-5-6-25-22(19(14)26-11-16)28-15-9-17(20(23)27-10-15)18-12-32(30)13(2)21(24)29-18/h5-6,8-11,13,18H,7,12H2,1-2H3,(H2,24,29)(H,25,28). The van der Waals surface area contributed by atoms with Crippen molar-refractivity contribution in [3.05, 3.63) is 48.3 Å². The van der Waals surface area contributed by atoms with Gasteiger partial charge in [0.1, 0.15) is 23.7 Å². The molecule has 4 rings (SSSR count). The minimum Gasteiger partial charge on any atom is -0.479 e. The second-order valence-corrected chi connectivity index (χ2v) is 8.91. The van der Waals surface area contributed by atoms with E-state index in [2.05, 4.69) is 37.1 Å². The summed E-state index contributed by atoms with van der Waals surface area (Å²) in [6.07, 6.45) is 4.59. The Kier molecular flexibility index (Phi) is 6.28. The Morgan fingerprint density at radius 2 is 2.16 bits per heavy atom. The number of nitrogens with zero attached hydrogens (tertiary/aromatic N) is 4. The molecule has 10 heteroatoms. The molecule has 0 fully saturated rings. The van der Waals surface area contributed by atoms with Gasteiger partial charge in [-0.05, 0) is 32.0 Å². The van der Waals surface area contributed by atoms with E-state index in [1.54, 1.807) is 32.3 Å². The zero-order chi connectivity index (χ0) is 22.7.